The van der Waals surface area contributed by atoms with Crippen LogP contribution in [0.25, 0.3) is 0 Å². The minimum absolute atomic E-state index is 0.0202. The molecule has 5 nitrogen and oxygen atoms in total. The minimum atomic E-state index is -0.309. The molecule has 34 heavy (non-hydrogen) atoms. The van der Waals surface area contributed by atoms with E-state index in [4.69, 9.17) is 4.74 Å². The van der Waals surface area contributed by atoms with E-state index in [1.54, 1.807) is 47.6 Å². The van der Waals surface area contributed by atoms with Crippen LogP contribution >= 0.6 is 11.3 Å². The molecule has 3 aromatic rings. The molecule has 0 radical (unpaired) electrons. The second-order valence-electron chi connectivity index (χ2n) is 8.53. The number of methoxy groups -OCH3 is 1. The van der Waals surface area contributed by atoms with Gasteiger partial charge in [-0.05, 0) is 66.6 Å². The highest BCUT2D eigenvalue weighted by atomic mass is 32.1. The van der Waals surface area contributed by atoms with Gasteiger partial charge in [-0.15, -0.1) is 11.3 Å². The molecule has 0 aliphatic carbocycles. The minimum Gasteiger partial charge on any atom is -0.385 e. The van der Waals surface area contributed by atoms with E-state index in [2.05, 4.69) is 0 Å². The summed E-state index contributed by atoms with van der Waals surface area (Å²) in [6, 6.07) is 15.5. The maximum absolute atomic E-state index is 13.6. The zero-order valence-electron chi connectivity index (χ0n) is 19.5. The molecule has 1 aliphatic heterocycles. The molecule has 0 spiro atoms. The van der Waals surface area contributed by atoms with Crippen molar-refractivity contribution in [3.63, 3.8) is 0 Å². The Morgan fingerprint density at radius 3 is 2.56 bits per heavy atom. The molecule has 2 heterocycles. The molecule has 1 unspecified atom stereocenters. The van der Waals surface area contributed by atoms with Crippen molar-refractivity contribution in [2.75, 3.05) is 33.4 Å². The highest BCUT2D eigenvalue weighted by molar-refractivity contribution is 7.10. The van der Waals surface area contributed by atoms with Crippen LogP contribution in [0.5, 0.6) is 0 Å². The van der Waals surface area contributed by atoms with Gasteiger partial charge in [-0.3, -0.25) is 9.59 Å². The Morgan fingerprint density at radius 1 is 1.12 bits per heavy atom. The first-order chi connectivity index (χ1) is 16.5. The van der Waals surface area contributed by atoms with Gasteiger partial charge in [0, 0.05) is 37.2 Å². The summed E-state index contributed by atoms with van der Waals surface area (Å²) in [4.78, 5) is 31.6. The molecule has 1 aliphatic rings. The van der Waals surface area contributed by atoms with Crippen LogP contribution in [-0.2, 0) is 16.0 Å². The highest BCUT2D eigenvalue weighted by Crippen LogP contribution is 2.38. The quantitative estimate of drug-likeness (QED) is 0.433. The zero-order valence-corrected chi connectivity index (χ0v) is 20.3. The molecule has 0 N–H and O–H groups in total. The van der Waals surface area contributed by atoms with Crippen molar-refractivity contribution in [1.82, 2.24) is 9.80 Å². The molecule has 0 saturated carbocycles. The number of benzene rings is 2. The third-order valence-corrected chi connectivity index (χ3v) is 7.16. The number of carbonyl (C=O) groups is 2. The molecule has 1 atom stereocenters. The van der Waals surface area contributed by atoms with Gasteiger partial charge in [-0.25, -0.2) is 4.39 Å². The number of aryl methyl sites for hydroxylation is 1. The number of carbonyl (C=O) groups excluding carboxylic acids is 2. The second-order valence-corrected chi connectivity index (χ2v) is 9.53. The maximum Gasteiger partial charge on any atom is 0.254 e. The van der Waals surface area contributed by atoms with Crippen LogP contribution in [0.15, 0.2) is 60.0 Å². The van der Waals surface area contributed by atoms with E-state index in [0.29, 0.717) is 31.7 Å². The van der Waals surface area contributed by atoms with E-state index in [0.717, 1.165) is 23.1 Å². The van der Waals surface area contributed by atoms with E-state index in [9.17, 15) is 14.0 Å². The number of rotatable bonds is 8. The lowest BCUT2D eigenvalue weighted by atomic mass is 9.93. The summed E-state index contributed by atoms with van der Waals surface area (Å²) in [5, 5.41) is 2.03. The summed E-state index contributed by atoms with van der Waals surface area (Å²) in [6.45, 7) is 3.43. The van der Waals surface area contributed by atoms with Crippen molar-refractivity contribution in [2.24, 2.45) is 0 Å². The zero-order chi connectivity index (χ0) is 24.1. The third-order valence-electron chi connectivity index (χ3n) is 6.16. The van der Waals surface area contributed by atoms with Crippen LogP contribution in [0.4, 0.5) is 4.39 Å². The van der Waals surface area contributed by atoms with Gasteiger partial charge in [0.2, 0.25) is 5.91 Å². The van der Waals surface area contributed by atoms with Crippen LogP contribution < -0.4 is 0 Å². The van der Waals surface area contributed by atoms with Gasteiger partial charge in [0.05, 0.1) is 6.04 Å². The summed E-state index contributed by atoms with van der Waals surface area (Å²) in [6.07, 6.45) is 1.41. The van der Waals surface area contributed by atoms with Gasteiger partial charge in [-0.1, -0.05) is 29.8 Å². The monoisotopic (exact) mass is 480 g/mol. The Kier molecular flexibility index (Phi) is 7.75. The molecule has 0 bridgehead atoms. The fraction of sp³-hybridized carbons (Fsp3) is 0.333. The number of fused-ring (bicyclic) bond motifs is 1. The van der Waals surface area contributed by atoms with Crippen molar-refractivity contribution in [3.05, 3.63) is 92.9 Å². The first kappa shape index (κ1) is 24.1. The van der Waals surface area contributed by atoms with Gasteiger partial charge in [0.25, 0.3) is 5.91 Å². The predicted octanol–water partition coefficient (Wildman–Crippen LogP) is 4.85. The van der Waals surface area contributed by atoms with Crippen LogP contribution in [0.1, 0.15) is 44.4 Å². The van der Waals surface area contributed by atoms with Crippen molar-refractivity contribution >= 4 is 23.2 Å². The first-order valence-electron chi connectivity index (χ1n) is 11.4. The lowest BCUT2D eigenvalue weighted by Crippen LogP contribution is -2.47. The molecule has 0 fully saturated rings. The molecule has 1 aromatic heterocycles. The Balaban J connectivity index is 1.59. The van der Waals surface area contributed by atoms with Gasteiger partial charge in [0.15, 0.2) is 0 Å². The van der Waals surface area contributed by atoms with Crippen LogP contribution in [0.2, 0.25) is 0 Å². The average molecular weight is 481 g/mol. The number of hydrogen-bond acceptors (Lipinski definition) is 4. The summed E-state index contributed by atoms with van der Waals surface area (Å²) in [5.41, 5.74) is 3.57. The smallest absolute Gasteiger partial charge is 0.254 e. The van der Waals surface area contributed by atoms with E-state index >= 15 is 0 Å². The summed E-state index contributed by atoms with van der Waals surface area (Å²) >= 11 is 1.68. The topological polar surface area (TPSA) is 49.9 Å². The Bertz CT molecular complexity index is 1130. The third kappa shape index (κ3) is 5.37. The van der Waals surface area contributed by atoms with E-state index < -0.39 is 0 Å². The average Bonchev–Trinajstić information content (AvgIpc) is 3.32. The molecule has 0 saturated heterocycles. The largest absolute Gasteiger partial charge is 0.385 e. The Morgan fingerprint density at radius 2 is 1.85 bits per heavy atom. The number of halogens is 1. The lowest BCUT2D eigenvalue weighted by Gasteiger charge is -2.37. The highest BCUT2D eigenvalue weighted by Gasteiger charge is 2.34. The Labute approximate surface area is 203 Å². The first-order valence-corrected chi connectivity index (χ1v) is 12.3. The van der Waals surface area contributed by atoms with E-state index in [-0.39, 0.29) is 30.2 Å². The van der Waals surface area contributed by atoms with Gasteiger partial charge in [-0.2, -0.15) is 0 Å². The van der Waals surface area contributed by atoms with Crippen molar-refractivity contribution in [3.8, 4) is 0 Å². The Hall–Kier alpha value is -3.03. The predicted molar refractivity (Wildman–Crippen MR) is 132 cm³/mol. The molecule has 178 valence electrons. The number of nitrogens with zero attached hydrogens (tertiary/aromatic N) is 2. The molecule has 2 amide bonds. The summed E-state index contributed by atoms with van der Waals surface area (Å²) < 4.78 is 18.8. The summed E-state index contributed by atoms with van der Waals surface area (Å²) in [5.74, 6) is -0.601. The lowest BCUT2D eigenvalue weighted by molar-refractivity contribution is -0.134. The second kappa shape index (κ2) is 10.9. The number of hydrogen-bond donors (Lipinski definition) is 0. The maximum atomic E-state index is 13.6. The van der Waals surface area contributed by atoms with E-state index in [1.807, 2.05) is 35.4 Å². The standard InChI is InChI=1S/C27H29FN2O3S/c1-19-4-6-21(7-5-19)27(32)29(14-3-16-33-2)18-25(31)30-15-12-24-23(13-17-34-24)26(30)20-8-10-22(28)11-9-20/h4-11,13,17,26H,3,12,14-16,18H2,1-2H3. The SMILES string of the molecule is COCCCN(CC(=O)N1CCc2sccc2C1c1ccc(F)cc1)C(=O)c1ccc(C)cc1. The van der Waals surface area contributed by atoms with Crippen LogP contribution in [0, 0.1) is 12.7 Å². The van der Waals surface area contributed by atoms with Crippen LogP contribution in [-0.4, -0.2) is 55.0 Å². The van der Waals surface area contributed by atoms with Gasteiger partial charge >= 0.3 is 0 Å². The summed E-state index contributed by atoms with van der Waals surface area (Å²) in [7, 11) is 1.62. The van der Waals surface area contributed by atoms with Gasteiger partial charge in [0.1, 0.15) is 12.4 Å². The molecule has 4 rings (SSSR count). The fourth-order valence-electron chi connectivity index (χ4n) is 4.37. The van der Waals surface area contributed by atoms with Gasteiger partial charge < -0.3 is 14.5 Å². The molecule has 7 heteroatoms. The fourth-order valence-corrected chi connectivity index (χ4v) is 5.28. The number of ether oxygens (including phenoxy) is 1. The van der Waals surface area contributed by atoms with Crippen molar-refractivity contribution < 1.29 is 18.7 Å². The normalized spacial score (nSPS) is 15.1. The molecule has 2 aromatic carbocycles. The van der Waals surface area contributed by atoms with E-state index in [1.165, 1.54) is 17.0 Å². The molecular weight excluding hydrogens is 451 g/mol. The van der Waals surface area contributed by atoms with Crippen molar-refractivity contribution in [2.45, 2.75) is 25.8 Å². The number of amides is 2. The van der Waals surface area contributed by atoms with Crippen molar-refractivity contribution in [1.29, 1.82) is 0 Å². The number of thiophene rings is 1. The van der Waals surface area contributed by atoms with Crippen LogP contribution in [0.3, 0.4) is 0 Å². The molecular formula is C27H29FN2O3S.